The van der Waals surface area contributed by atoms with Crippen LogP contribution in [0.15, 0.2) is 36.5 Å². The highest BCUT2D eigenvalue weighted by Crippen LogP contribution is 2.17. The molecule has 0 spiro atoms. The number of nitrogens with zero attached hydrogens (tertiary/aromatic N) is 3. The van der Waals surface area contributed by atoms with Crippen molar-refractivity contribution in [1.82, 2.24) is 14.8 Å². The highest BCUT2D eigenvalue weighted by molar-refractivity contribution is 5.78. The second-order valence-electron chi connectivity index (χ2n) is 5.38. The van der Waals surface area contributed by atoms with E-state index >= 15 is 0 Å². The summed E-state index contributed by atoms with van der Waals surface area (Å²) < 4.78 is 2.07. The van der Waals surface area contributed by atoms with Crippen molar-refractivity contribution in [3.05, 3.63) is 59.0 Å². The van der Waals surface area contributed by atoms with Crippen molar-refractivity contribution in [2.24, 2.45) is 5.73 Å². The van der Waals surface area contributed by atoms with Gasteiger partial charge in [0, 0.05) is 17.3 Å². The van der Waals surface area contributed by atoms with Crippen LogP contribution in [-0.2, 0) is 13.0 Å². The molecule has 3 rings (SSSR count). The van der Waals surface area contributed by atoms with Gasteiger partial charge in [-0.15, -0.1) is 0 Å². The zero-order valence-electron chi connectivity index (χ0n) is 12.5. The van der Waals surface area contributed by atoms with Crippen molar-refractivity contribution in [2.75, 3.05) is 6.54 Å². The molecule has 0 aliphatic carbocycles. The molecule has 4 heteroatoms. The van der Waals surface area contributed by atoms with Crippen LogP contribution in [0.2, 0.25) is 0 Å². The van der Waals surface area contributed by atoms with Crippen molar-refractivity contribution < 1.29 is 0 Å². The van der Waals surface area contributed by atoms with Crippen LogP contribution in [0.1, 0.15) is 22.5 Å². The molecule has 2 heterocycles. The summed E-state index contributed by atoms with van der Waals surface area (Å²) in [5, 5.41) is 5.82. The molecule has 4 nitrogen and oxygen atoms in total. The Kier molecular flexibility index (Phi) is 3.71. The van der Waals surface area contributed by atoms with Crippen molar-refractivity contribution in [1.29, 1.82) is 0 Å². The molecule has 3 aromatic rings. The topological polar surface area (TPSA) is 56.7 Å². The maximum Gasteiger partial charge on any atom is 0.0702 e. The minimum Gasteiger partial charge on any atom is -0.330 e. The number of benzene rings is 1. The number of hydrogen-bond donors (Lipinski definition) is 1. The molecule has 0 bridgehead atoms. The average molecular weight is 280 g/mol. The maximum atomic E-state index is 5.68. The van der Waals surface area contributed by atoms with Gasteiger partial charge in [0.2, 0.25) is 0 Å². The highest BCUT2D eigenvalue weighted by atomic mass is 15.3. The average Bonchev–Trinajstić information content (AvgIpc) is 2.75. The van der Waals surface area contributed by atoms with E-state index in [1.54, 1.807) is 0 Å². The summed E-state index contributed by atoms with van der Waals surface area (Å²) in [5.74, 6) is 0. The van der Waals surface area contributed by atoms with E-state index in [1.165, 1.54) is 22.2 Å². The van der Waals surface area contributed by atoms with E-state index in [0.717, 1.165) is 24.2 Å². The Morgan fingerprint density at radius 1 is 1.19 bits per heavy atom. The van der Waals surface area contributed by atoms with Crippen LogP contribution in [0.5, 0.6) is 0 Å². The lowest BCUT2D eigenvalue weighted by molar-refractivity contribution is 0.658. The molecule has 0 amide bonds. The van der Waals surface area contributed by atoms with Gasteiger partial charge in [-0.2, -0.15) is 5.10 Å². The SMILES string of the molecule is Cc1nn(Cc2ccc3ncccc3c2)c(C)c1CCN. The van der Waals surface area contributed by atoms with Crippen molar-refractivity contribution >= 4 is 10.9 Å². The predicted octanol–water partition coefficient (Wildman–Crippen LogP) is 2.60. The number of nitrogens with two attached hydrogens (primary N) is 1. The summed E-state index contributed by atoms with van der Waals surface area (Å²) in [7, 11) is 0. The van der Waals surface area contributed by atoms with Crippen LogP contribution in [0.4, 0.5) is 0 Å². The molecule has 0 aliphatic rings. The fourth-order valence-corrected chi connectivity index (χ4v) is 2.79. The largest absolute Gasteiger partial charge is 0.330 e. The second-order valence-corrected chi connectivity index (χ2v) is 5.38. The molecule has 0 radical (unpaired) electrons. The van der Waals surface area contributed by atoms with Gasteiger partial charge in [-0.3, -0.25) is 9.67 Å². The molecule has 0 saturated heterocycles. The highest BCUT2D eigenvalue weighted by Gasteiger charge is 2.11. The molecule has 0 saturated carbocycles. The molecule has 1 aromatic carbocycles. The molecule has 108 valence electrons. The van der Waals surface area contributed by atoms with Gasteiger partial charge in [0.15, 0.2) is 0 Å². The zero-order valence-corrected chi connectivity index (χ0v) is 12.5. The smallest absolute Gasteiger partial charge is 0.0702 e. The van der Waals surface area contributed by atoms with Crippen LogP contribution in [-0.4, -0.2) is 21.3 Å². The van der Waals surface area contributed by atoms with Crippen LogP contribution < -0.4 is 5.73 Å². The Morgan fingerprint density at radius 2 is 2.05 bits per heavy atom. The number of fused-ring (bicyclic) bond motifs is 1. The Hall–Kier alpha value is -2.20. The van der Waals surface area contributed by atoms with Gasteiger partial charge in [0.25, 0.3) is 0 Å². The Balaban J connectivity index is 1.93. The van der Waals surface area contributed by atoms with Crippen LogP contribution in [0.25, 0.3) is 10.9 Å². The van der Waals surface area contributed by atoms with E-state index in [2.05, 4.69) is 52.9 Å². The van der Waals surface area contributed by atoms with Gasteiger partial charge in [-0.25, -0.2) is 0 Å². The van der Waals surface area contributed by atoms with E-state index in [9.17, 15) is 0 Å². The number of aryl methyl sites for hydroxylation is 1. The first-order chi connectivity index (χ1) is 10.2. The quantitative estimate of drug-likeness (QED) is 0.799. The molecule has 0 aliphatic heterocycles. The van der Waals surface area contributed by atoms with E-state index < -0.39 is 0 Å². The Labute approximate surface area is 124 Å². The fraction of sp³-hybridized carbons (Fsp3) is 0.294. The van der Waals surface area contributed by atoms with Crippen LogP contribution in [0.3, 0.4) is 0 Å². The zero-order chi connectivity index (χ0) is 14.8. The van der Waals surface area contributed by atoms with Crippen molar-refractivity contribution in [3.63, 3.8) is 0 Å². The van der Waals surface area contributed by atoms with Gasteiger partial charge in [-0.1, -0.05) is 12.1 Å². The lowest BCUT2D eigenvalue weighted by Gasteiger charge is -2.07. The molecule has 0 unspecified atom stereocenters. The first kappa shape index (κ1) is 13.8. The molecule has 2 aromatic heterocycles. The third kappa shape index (κ3) is 2.67. The van der Waals surface area contributed by atoms with Crippen molar-refractivity contribution in [3.8, 4) is 0 Å². The van der Waals surface area contributed by atoms with Gasteiger partial charge in [0.1, 0.15) is 0 Å². The summed E-state index contributed by atoms with van der Waals surface area (Å²) in [5.41, 5.74) is 11.5. The third-order valence-corrected chi connectivity index (χ3v) is 3.93. The van der Waals surface area contributed by atoms with E-state index in [0.29, 0.717) is 6.54 Å². The molecule has 21 heavy (non-hydrogen) atoms. The minimum atomic E-state index is 0.662. The summed E-state index contributed by atoms with van der Waals surface area (Å²) in [4.78, 5) is 4.35. The number of rotatable bonds is 4. The summed E-state index contributed by atoms with van der Waals surface area (Å²) in [6.45, 7) is 5.61. The fourth-order valence-electron chi connectivity index (χ4n) is 2.79. The van der Waals surface area contributed by atoms with E-state index in [-0.39, 0.29) is 0 Å². The first-order valence-electron chi connectivity index (χ1n) is 7.25. The molecular weight excluding hydrogens is 260 g/mol. The Morgan fingerprint density at radius 3 is 2.86 bits per heavy atom. The maximum absolute atomic E-state index is 5.68. The summed E-state index contributed by atoms with van der Waals surface area (Å²) in [6, 6.07) is 10.4. The van der Waals surface area contributed by atoms with E-state index in [4.69, 9.17) is 5.73 Å². The Bertz CT molecular complexity index is 774. The molecule has 0 fully saturated rings. The lowest BCUT2D eigenvalue weighted by Crippen LogP contribution is -2.06. The van der Waals surface area contributed by atoms with Gasteiger partial charge < -0.3 is 5.73 Å². The monoisotopic (exact) mass is 280 g/mol. The van der Waals surface area contributed by atoms with Crippen LogP contribution >= 0.6 is 0 Å². The first-order valence-corrected chi connectivity index (χ1v) is 7.25. The van der Waals surface area contributed by atoms with Crippen molar-refractivity contribution in [2.45, 2.75) is 26.8 Å². The van der Waals surface area contributed by atoms with Crippen LogP contribution in [0, 0.1) is 13.8 Å². The standard InChI is InChI=1S/C17H20N4/c1-12-16(7-8-18)13(2)21(20-12)11-14-5-6-17-15(10-14)4-3-9-19-17/h3-6,9-10H,7-8,11,18H2,1-2H3. The third-order valence-electron chi connectivity index (χ3n) is 3.93. The summed E-state index contributed by atoms with van der Waals surface area (Å²) >= 11 is 0. The van der Waals surface area contributed by atoms with Gasteiger partial charge in [0.05, 0.1) is 17.8 Å². The molecule has 2 N–H and O–H groups in total. The van der Waals surface area contributed by atoms with E-state index in [1.807, 2.05) is 12.3 Å². The molecule has 0 atom stereocenters. The normalized spacial score (nSPS) is 11.2. The van der Waals surface area contributed by atoms with Gasteiger partial charge in [-0.05, 0) is 56.1 Å². The molecular formula is C17H20N4. The van der Waals surface area contributed by atoms with Gasteiger partial charge >= 0.3 is 0 Å². The lowest BCUT2D eigenvalue weighted by atomic mass is 10.1. The summed E-state index contributed by atoms with van der Waals surface area (Å²) in [6.07, 6.45) is 2.71. The minimum absolute atomic E-state index is 0.662. The second kappa shape index (κ2) is 5.66. The predicted molar refractivity (Wildman–Crippen MR) is 85.3 cm³/mol. The number of aromatic nitrogens is 3. The number of pyridine rings is 1. The number of hydrogen-bond acceptors (Lipinski definition) is 3.